The van der Waals surface area contributed by atoms with E-state index in [1.165, 1.54) is 5.56 Å². The highest BCUT2D eigenvalue weighted by Gasteiger charge is 2.13. The summed E-state index contributed by atoms with van der Waals surface area (Å²) in [7, 11) is 0. The van der Waals surface area contributed by atoms with Gasteiger partial charge in [-0.05, 0) is 37.3 Å². The van der Waals surface area contributed by atoms with E-state index >= 15 is 0 Å². The lowest BCUT2D eigenvalue weighted by atomic mass is 10.1. The average molecular weight is 385 g/mol. The molecule has 2 aromatic carbocycles. The van der Waals surface area contributed by atoms with Crippen molar-refractivity contribution in [2.75, 3.05) is 0 Å². The van der Waals surface area contributed by atoms with Crippen molar-refractivity contribution in [2.45, 2.75) is 24.7 Å². The van der Waals surface area contributed by atoms with Gasteiger partial charge in [-0.25, -0.2) is 4.68 Å². The molecule has 0 aliphatic heterocycles. The molecule has 7 nitrogen and oxygen atoms in total. The van der Waals surface area contributed by atoms with E-state index in [1.54, 1.807) is 0 Å². The SMILES string of the molecule is Cc1ccc(-c2cc(CCC(=O)O)nn2-c2ccc(SOON)cc2)cc1. The molecule has 0 saturated heterocycles. The van der Waals surface area contributed by atoms with E-state index in [1.807, 2.05) is 66.2 Å². The van der Waals surface area contributed by atoms with E-state index in [9.17, 15) is 4.79 Å². The molecule has 3 aromatic rings. The van der Waals surface area contributed by atoms with E-state index in [2.05, 4.69) is 14.4 Å². The Morgan fingerprint density at radius 3 is 2.52 bits per heavy atom. The zero-order chi connectivity index (χ0) is 19.2. The normalized spacial score (nSPS) is 10.9. The molecule has 0 radical (unpaired) electrons. The first kappa shape index (κ1) is 19.1. The number of aliphatic carboxylic acids is 1. The van der Waals surface area contributed by atoms with E-state index in [0.717, 1.165) is 39.6 Å². The van der Waals surface area contributed by atoms with Crippen molar-refractivity contribution in [1.29, 1.82) is 0 Å². The molecule has 0 aliphatic rings. The first-order valence-corrected chi connectivity index (χ1v) is 8.99. The van der Waals surface area contributed by atoms with Crippen molar-refractivity contribution in [1.82, 2.24) is 9.78 Å². The molecule has 0 atom stereocenters. The maximum atomic E-state index is 10.9. The van der Waals surface area contributed by atoms with Crippen LogP contribution in [0.15, 0.2) is 59.5 Å². The Balaban J connectivity index is 1.96. The van der Waals surface area contributed by atoms with Gasteiger partial charge in [-0.2, -0.15) is 11.0 Å². The zero-order valence-electron chi connectivity index (χ0n) is 14.7. The fourth-order valence-electron chi connectivity index (χ4n) is 2.62. The maximum absolute atomic E-state index is 10.9. The lowest BCUT2D eigenvalue weighted by Crippen LogP contribution is -2.01. The van der Waals surface area contributed by atoms with Gasteiger partial charge >= 0.3 is 5.97 Å². The predicted octanol–water partition coefficient (Wildman–Crippen LogP) is 3.69. The number of nitrogens with two attached hydrogens (primary N) is 1. The Labute approximate surface area is 160 Å². The van der Waals surface area contributed by atoms with Gasteiger partial charge in [0.2, 0.25) is 0 Å². The molecule has 140 valence electrons. The van der Waals surface area contributed by atoms with Crippen LogP contribution in [0.2, 0.25) is 0 Å². The number of carbonyl (C=O) groups is 1. The third kappa shape index (κ3) is 4.95. The van der Waals surface area contributed by atoms with Gasteiger partial charge in [0, 0.05) is 16.9 Å². The summed E-state index contributed by atoms with van der Waals surface area (Å²) in [5.41, 5.74) is 4.65. The van der Waals surface area contributed by atoms with Crippen molar-refractivity contribution in [3.63, 3.8) is 0 Å². The molecule has 0 bridgehead atoms. The summed E-state index contributed by atoms with van der Waals surface area (Å²) in [6.45, 7) is 2.03. The molecule has 0 amide bonds. The molecule has 3 rings (SSSR count). The van der Waals surface area contributed by atoms with E-state index < -0.39 is 5.97 Å². The third-order valence-corrected chi connectivity index (χ3v) is 4.56. The first-order chi connectivity index (χ1) is 13.1. The van der Waals surface area contributed by atoms with Crippen LogP contribution in [-0.2, 0) is 20.5 Å². The van der Waals surface area contributed by atoms with Crippen LogP contribution in [0.5, 0.6) is 0 Å². The van der Waals surface area contributed by atoms with E-state index in [4.69, 9.17) is 11.0 Å². The van der Waals surface area contributed by atoms with Gasteiger partial charge in [-0.1, -0.05) is 29.8 Å². The summed E-state index contributed by atoms with van der Waals surface area (Å²) in [5, 5.41) is 13.6. The maximum Gasteiger partial charge on any atom is 0.303 e. The Kier molecular flexibility index (Phi) is 6.25. The number of hydrogen-bond donors (Lipinski definition) is 2. The minimum Gasteiger partial charge on any atom is -0.481 e. The summed E-state index contributed by atoms with van der Waals surface area (Å²) >= 11 is 1.00. The molecule has 0 fully saturated rings. The highest BCUT2D eigenvalue weighted by atomic mass is 32.2. The first-order valence-electron chi connectivity index (χ1n) is 8.25. The monoisotopic (exact) mass is 385 g/mol. The molecule has 27 heavy (non-hydrogen) atoms. The van der Waals surface area contributed by atoms with Crippen molar-refractivity contribution < 1.29 is 19.2 Å². The van der Waals surface area contributed by atoms with Gasteiger partial charge in [-0.3, -0.25) is 4.79 Å². The van der Waals surface area contributed by atoms with Crippen molar-refractivity contribution in [3.05, 3.63) is 65.9 Å². The number of benzene rings is 2. The summed E-state index contributed by atoms with van der Waals surface area (Å²) in [4.78, 5) is 15.8. The van der Waals surface area contributed by atoms with E-state index in [0.29, 0.717) is 6.42 Å². The summed E-state index contributed by atoms with van der Waals surface area (Å²) in [6.07, 6.45) is 0.410. The van der Waals surface area contributed by atoms with Gasteiger partial charge in [0.25, 0.3) is 0 Å². The van der Waals surface area contributed by atoms with Crippen molar-refractivity contribution in [3.8, 4) is 16.9 Å². The molecule has 0 saturated carbocycles. The van der Waals surface area contributed by atoms with Gasteiger partial charge in [0.15, 0.2) is 0 Å². The quantitative estimate of drug-likeness (QED) is 0.346. The number of carboxylic acid groups (broad SMARTS) is 1. The lowest BCUT2D eigenvalue weighted by molar-refractivity contribution is -0.195. The molecule has 8 heteroatoms. The predicted molar refractivity (Wildman–Crippen MR) is 102 cm³/mol. The van der Waals surface area contributed by atoms with Crippen LogP contribution < -0.4 is 5.90 Å². The van der Waals surface area contributed by atoms with Gasteiger partial charge in [0.1, 0.15) is 0 Å². The molecular formula is C19H19N3O4S. The average Bonchev–Trinajstić information content (AvgIpc) is 3.10. The molecule has 1 aromatic heterocycles. The van der Waals surface area contributed by atoms with Crippen molar-refractivity contribution in [2.24, 2.45) is 5.90 Å². The largest absolute Gasteiger partial charge is 0.481 e. The number of aryl methyl sites for hydroxylation is 2. The van der Waals surface area contributed by atoms with Gasteiger partial charge in [-0.15, -0.1) is 9.32 Å². The summed E-state index contributed by atoms with van der Waals surface area (Å²) < 4.78 is 6.46. The molecule has 0 unspecified atom stereocenters. The Bertz CT molecular complexity index is 908. The Morgan fingerprint density at radius 2 is 1.89 bits per heavy atom. The van der Waals surface area contributed by atoms with Crippen LogP contribution in [0.3, 0.4) is 0 Å². The van der Waals surface area contributed by atoms with Crippen LogP contribution in [0.25, 0.3) is 16.9 Å². The minimum atomic E-state index is -0.843. The van der Waals surface area contributed by atoms with Crippen LogP contribution in [0.1, 0.15) is 17.7 Å². The number of rotatable bonds is 8. The number of aromatic nitrogens is 2. The smallest absolute Gasteiger partial charge is 0.303 e. The van der Waals surface area contributed by atoms with Crippen LogP contribution in [-0.4, -0.2) is 20.9 Å². The van der Waals surface area contributed by atoms with Crippen LogP contribution >= 0.6 is 12.0 Å². The Morgan fingerprint density at radius 1 is 1.19 bits per heavy atom. The Hall–Kier alpha value is -2.65. The summed E-state index contributed by atoms with van der Waals surface area (Å²) in [6, 6.07) is 17.6. The second-order valence-corrected chi connectivity index (χ2v) is 6.71. The van der Waals surface area contributed by atoms with Crippen LogP contribution in [0, 0.1) is 6.92 Å². The number of nitrogens with zero attached hydrogens (tertiary/aromatic N) is 2. The molecular weight excluding hydrogens is 366 g/mol. The van der Waals surface area contributed by atoms with Gasteiger partial charge in [0.05, 0.1) is 35.5 Å². The molecule has 1 heterocycles. The summed E-state index contributed by atoms with van der Waals surface area (Å²) in [5.74, 6) is 4.00. The van der Waals surface area contributed by atoms with E-state index in [-0.39, 0.29) is 6.42 Å². The standard InChI is InChI=1S/C19H19N3O4S/c1-13-2-4-14(5-3-13)18-12-15(6-11-19(23)24)21-22(18)16-7-9-17(10-8-16)27-26-25-20/h2-5,7-10,12H,6,11,20H2,1H3,(H,23,24). The second-order valence-electron chi connectivity index (χ2n) is 5.93. The minimum absolute atomic E-state index is 0.0381. The van der Waals surface area contributed by atoms with Crippen LogP contribution in [0.4, 0.5) is 0 Å². The van der Waals surface area contributed by atoms with Crippen molar-refractivity contribution >= 4 is 18.0 Å². The lowest BCUT2D eigenvalue weighted by Gasteiger charge is -2.08. The highest BCUT2D eigenvalue weighted by molar-refractivity contribution is 7.94. The number of carboxylic acids is 1. The molecule has 3 N–H and O–H groups in total. The fraction of sp³-hybridized carbons (Fsp3) is 0.158. The fourth-order valence-corrected chi connectivity index (χ4v) is 2.98. The second kappa shape index (κ2) is 8.83. The highest BCUT2D eigenvalue weighted by Crippen LogP contribution is 2.27. The van der Waals surface area contributed by atoms with Gasteiger partial charge < -0.3 is 5.11 Å². The zero-order valence-corrected chi connectivity index (χ0v) is 15.5. The molecule has 0 spiro atoms. The third-order valence-electron chi connectivity index (χ3n) is 3.95. The topological polar surface area (TPSA) is 99.6 Å². The number of hydrogen-bond acceptors (Lipinski definition) is 6. The molecule has 0 aliphatic carbocycles.